The fourth-order valence-corrected chi connectivity index (χ4v) is 3.84. The highest BCUT2D eigenvalue weighted by atomic mass is 33.1. The van der Waals surface area contributed by atoms with Gasteiger partial charge in [-0.1, -0.05) is 16.9 Å². The Morgan fingerprint density at radius 2 is 1.03 bits per heavy atom. The maximum absolute atomic E-state index is 5.54. The Kier molecular flexibility index (Phi) is 23.2. The lowest BCUT2D eigenvalue weighted by atomic mass is 10.5. The fourth-order valence-electron chi connectivity index (χ4n) is 2.10. The molecular formula is C21H38N2O7S2. The van der Waals surface area contributed by atoms with Crippen molar-refractivity contribution in [1.82, 2.24) is 4.98 Å². The first-order valence-electron chi connectivity index (χ1n) is 10.9. The van der Waals surface area contributed by atoms with Gasteiger partial charge >= 0.3 is 0 Å². The number of nitrogens with zero attached hydrogens (tertiary/aromatic N) is 1. The molecular weight excluding hydrogens is 456 g/mol. The molecule has 0 aromatic carbocycles. The second-order valence-electron chi connectivity index (χ2n) is 6.15. The summed E-state index contributed by atoms with van der Waals surface area (Å²) in [6.07, 6.45) is 1.80. The molecule has 1 aromatic heterocycles. The van der Waals surface area contributed by atoms with Crippen LogP contribution in [0.4, 0.5) is 0 Å². The van der Waals surface area contributed by atoms with Crippen molar-refractivity contribution in [3.63, 3.8) is 0 Å². The van der Waals surface area contributed by atoms with Crippen LogP contribution in [0.5, 0.6) is 0 Å². The predicted octanol–water partition coefficient (Wildman–Crippen LogP) is 1.90. The van der Waals surface area contributed by atoms with Gasteiger partial charge in [0.25, 0.3) is 0 Å². The Balaban J connectivity index is 1.64. The SMILES string of the molecule is NCCOCCOCCOCCOCCOCCOCCOCCSSc1ccccn1. The van der Waals surface area contributed by atoms with E-state index in [2.05, 4.69) is 4.98 Å². The topological polar surface area (TPSA) is 104 Å². The Morgan fingerprint density at radius 3 is 1.44 bits per heavy atom. The minimum atomic E-state index is 0.533. The van der Waals surface area contributed by atoms with E-state index in [1.807, 2.05) is 18.2 Å². The summed E-state index contributed by atoms with van der Waals surface area (Å²) in [4.78, 5) is 4.25. The molecule has 0 spiro atoms. The third-order valence-electron chi connectivity index (χ3n) is 3.59. The van der Waals surface area contributed by atoms with Gasteiger partial charge in [0.2, 0.25) is 0 Å². The van der Waals surface area contributed by atoms with E-state index in [1.165, 1.54) is 0 Å². The van der Waals surface area contributed by atoms with Crippen LogP contribution in [0.25, 0.3) is 0 Å². The number of hydrogen-bond acceptors (Lipinski definition) is 11. The Labute approximate surface area is 199 Å². The van der Waals surface area contributed by atoms with Gasteiger partial charge in [-0.05, 0) is 22.9 Å². The van der Waals surface area contributed by atoms with Crippen LogP contribution in [0.1, 0.15) is 0 Å². The van der Waals surface area contributed by atoms with Crippen molar-refractivity contribution in [1.29, 1.82) is 0 Å². The lowest BCUT2D eigenvalue weighted by Gasteiger charge is -2.08. The van der Waals surface area contributed by atoms with Crippen molar-refractivity contribution in [3.8, 4) is 0 Å². The molecule has 9 nitrogen and oxygen atoms in total. The van der Waals surface area contributed by atoms with Crippen LogP contribution in [0, 0.1) is 0 Å². The van der Waals surface area contributed by atoms with Crippen LogP contribution in [0.3, 0.4) is 0 Å². The molecule has 0 bridgehead atoms. The molecule has 0 amide bonds. The van der Waals surface area contributed by atoms with E-state index in [0.29, 0.717) is 99.0 Å². The molecule has 2 N–H and O–H groups in total. The summed E-state index contributed by atoms with van der Waals surface area (Å²) in [6, 6.07) is 5.90. The maximum atomic E-state index is 5.54. The number of rotatable bonds is 25. The first-order chi connectivity index (χ1) is 15.9. The van der Waals surface area contributed by atoms with E-state index in [4.69, 9.17) is 38.9 Å². The molecule has 0 aliphatic rings. The standard InChI is InChI=1S/C21H38N2O7S2/c22-4-6-24-7-8-25-9-10-26-11-12-27-13-14-28-15-16-29-17-18-30-19-20-31-32-21-3-1-2-5-23-21/h1-3,5H,4,6-20,22H2. The summed E-state index contributed by atoms with van der Waals surface area (Å²) in [7, 11) is 3.39. The third-order valence-corrected chi connectivity index (χ3v) is 5.82. The first-order valence-corrected chi connectivity index (χ1v) is 13.2. The minimum Gasteiger partial charge on any atom is -0.378 e. The fraction of sp³-hybridized carbons (Fsp3) is 0.762. The number of pyridine rings is 1. The molecule has 0 aliphatic carbocycles. The highest BCUT2D eigenvalue weighted by molar-refractivity contribution is 8.76. The Bertz CT molecular complexity index is 492. The Morgan fingerprint density at radius 1 is 0.594 bits per heavy atom. The summed E-state index contributed by atoms with van der Waals surface area (Å²) < 4.78 is 37.8. The summed E-state index contributed by atoms with van der Waals surface area (Å²) in [5.74, 6) is 0.911. The molecule has 1 heterocycles. The number of hydrogen-bond donors (Lipinski definition) is 1. The zero-order chi connectivity index (χ0) is 22.8. The van der Waals surface area contributed by atoms with Crippen molar-refractivity contribution in [3.05, 3.63) is 24.4 Å². The second kappa shape index (κ2) is 25.2. The van der Waals surface area contributed by atoms with Crippen LogP contribution in [-0.4, -0.2) is 110 Å². The zero-order valence-electron chi connectivity index (χ0n) is 18.8. The molecule has 0 fully saturated rings. The van der Waals surface area contributed by atoms with E-state index in [-0.39, 0.29) is 0 Å². The van der Waals surface area contributed by atoms with Crippen LogP contribution < -0.4 is 5.73 Å². The van der Waals surface area contributed by atoms with E-state index < -0.39 is 0 Å². The molecule has 0 saturated heterocycles. The van der Waals surface area contributed by atoms with E-state index in [0.717, 1.165) is 10.8 Å². The largest absolute Gasteiger partial charge is 0.378 e. The van der Waals surface area contributed by atoms with E-state index >= 15 is 0 Å². The van der Waals surface area contributed by atoms with Gasteiger partial charge in [0.05, 0.1) is 92.5 Å². The van der Waals surface area contributed by atoms with Crippen molar-refractivity contribution in [2.75, 3.05) is 105 Å². The molecule has 32 heavy (non-hydrogen) atoms. The van der Waals surface area contributed by atoms with Gasteiger partial charge in [-0.2, -0.15) is 0 Å². The zero-order valence-corrected chi connectivity index (χ0v) is 20.5. The first kappa shape index (κ1) is 29.6. The van der Waals surface area contributed by atoms with Crippen molar-refractivity contribution in [2.24, 2.45) is 5.73 Å². The smallest absolute Gasteiger partial charge is 0.106 e. The van der Waals surface area contributed by atoms with Gasteiger partial charge in [0, 0.05) is 18.5 Å². The van der Waals surface area contributed by atoms with Crippen LogP contribution in [0.15, 0.2) is 29.4 Å². The molecule has 0 unspecified atom stereocenters. The van der Waals surface area contributed by atoms with Crippen LogP contribution in [-0.2, 0) is 33.2 Å². The molecule has 0 radical (unpaired) electrons. The van der Waals surface area contributed by atoms with E-state index in [9.17, 15) is 0 Å². The summed E-state index contributed by atoms with van der Waals surface area (Å²) in [5.41, 5.74) is 5.32. The number of aromatic nitrogens is 1. The average Bonchev–Trinajstić information content (AvgIpc) is 2.82. The predicted molar refractivity (Wildman–Crippen MR) is 127 cm³/mol. The van der Waals surface area contributed by atoms with Crippen molar-refractivity contribution in [2.45, 2.75) is 5.03 Å². The average molecular weight is 495 g/mol. The monoisotopic (exact) mass is 494 g/mol. The third kappa shape index (κ3) is 21.4. The van der Waals surface area contributed by atoms with Gasteiger partial charge in [-0.3, -0.25) is 0 Å². The number of nitrogens with two attached hydrogens (primary N) is 1. The van der Waals surface area contributed by atoms with Gasteiger partial charge in [0.1, 0.15) is 5.03 Å². The lowest BCUT2D eigenvalue weighted by Crippen LogP contribution is -2.15. The lowest BCUT2D eigenvalue weighted by molar-refractivity contribution is -0.0198. The number of ether oxygens (including phenoxy) is 7. The maximum Gasteiger partial charge on any atom is 0.106 e. The minimum absolute atomic E-state index is 0.533. The normalized spacial score (nSPS) is 11.3. The van der Waals surface area contributed by atoms with Gasteiger partial charge in [0.15, 0.2) is 0 Å². The molecule has 11 heteroatoms. The molecule has 0 atom stereocenters. The van der Waals surface area contributed by atoms with E-state index in [1.54, 1.807) is 27.8 Å². The highest BCUT2D eigenvalue weighted by Gasteiger charge is 1.97. The van der Waals surface area contributed by atoms with Crippen molar-refractivity contribution < 1.29 is 33.2 Å². The van der Waals surface area contributed by atoms with Gasteiger partial charge in [-0.25, -0.2) is 4.98 Å². The molecule has 186 valence electrons. The van der Waals surface area contributed by atoms with Crippen LogP contribution in [0.2, 0.25) is 0 Å². The van der Waals surface area contributed by atoms with Gasteiger partial charge < -0.3 is 38.9 Å². The summed E-state index contributed by atoms with van der Waals surface area (Å²) in [6.45, 7) is 8.40. The molecule has 0 saturated carbocycles. The second-order valence-corrected chi connectivity index (χ2v) is 8.58. The highest BCUT2D eigenvalue weighted by Crippen LogP contribution is 2.28. The van der Waals surface area contributed by atoms with Crippen molar-refractivity contribution >= 4 is 21.6 Å². The van der Waals surface area contributed by atoms with Gasteiger partial charge in [-0.15, -0.1) is 0 Å². The molecule has 0 aliphatic heterocycles. The Hall–Kier alpha value is -0.470. The quantitative estimate of drug-likeness (QED) is 0.159. The van der Waals surface area contributed by atoms with Crippen LogP contribution >= 0.6 is 21.6 Å². The molecule has 1 rings (SSSR count). The molecule has 1 aromatic rings. The summed E-state index contributed by atoms with van der Waals surface area (Å²) in [5, 5.41) is 1.02. The summed E-state index contributed by atoms with van der Waals surface area (Å²) >= 11 is 0.